The van der Waals surface area contributed by atoms with Crippen LogP contribution in [0.2, 0.25) is 0 Å². The molecule has 1 N–H and O–H groups in total. The number of rotatable bonds is 0. The first kappa shape index (κ1) is 10.8. The smallest absolute Gasteiger partial charge is 0.0628 e. The van der Waals surface area contributed by atoms with E-state index in [1.165, 1.54) is 18.4 Å². The van der Waals surface area contributed by atoms with E-state index in [1.54, 1.807) is 0 Å². The summed E-state index contributed by atoms with van der Waals surface area (Å²) in [5.41, 5.74) is 1.52. The molecular formula is C15H24O. The van der Waals surface area contributed by atoms with Crippen LogP contribution in [-0.4, -0.2) is 10.7 Å². The van der Waals surface area contributed by atoms with Gasteiger partial charge in [0.15, 0.2) is 0 Å². The molecule has 1 heteroatoms. The van der Waals surface area contributed by atoms with Crippen LogP contribution in [0.5, 0.6) is 0 Å². The summed E-state index contributed by atoms with van der Waals surface area (Å²) in [5, 5.41) is 10.3. The maximum atomic E-state index is 10.3. The molecule has 0 bridgehead atoms. The third-order valence-corrected chi connectivity index (χ3v) is 5.75. The number of hydrogen-bond donors (Lipinski definition) is 1. The molecule has 3 aliphatic rings. The molecule has 1 nitrogen and oxygen atoms in total. The Morgan fingerprint density at radius 2 is 1.94 bits per heavy atom. The van der Waals surface area contributed by atoms with E-state index in [0.717, 1.165) is 24.7 Å². The zero-order chi connectivity index (χ0) is 11.7. The Morgan fingerprint density at radius 3 is 2.62 bits per heavy atom. The van der Waals surface area contributed by atoms with Crippen molar-refractivity contribution in [1.82, 2.24) is 0 Å². The molecule has 0 saturated heterocycles. The van der Waals surface area contributed by atoms with Crippen LogP contribution in [0.15, 0.2) is 12.2 Å². The maximum absolute atomic E-state index is 10.3. The lowest BCUT2D eigenvalue weighted by molar-refractivity contribution is 0.0601. The molecule has 3 aliphatic carbocycles. The Balaban J connectivity index is 1.91. The Hall–Kier alpha value is -0.300. The standard InChI is InChI=1S/C15H24O/c1-9-5-6-12-13(14(12,2)3)11-8-15(4,16)7-10(9)11/h10-13,16H,1,5-8H2,2-4H3/t10-,11-,12+,13+,15-/m0/s1. The second-order valence-corrected chi connectivity index (χ2v) is 7.33. The second kappa shape index (κ2) is 2.93. The zero-order valence-electron chi connectivity index (χ0n) is 10.8. The molecule has 3 saturated carbocycles. The fraction of sp³-hybridized carbons (Fsp3) is 0.867. The SMILES string of the molecule is C=C1CC[C@@H]2[C@@H]([C@H]3C[C@@](C)(O)C[C@@H]13)C2(C)C. The van der Waals surface area contributed by atoms with Gasteiger partial charge in [-0.2, -0.15) is 0 Å². The summed E-state index contributed by atoms with van der Waals surface area (Å²) >= 11 is 0. The minimum atomic E-state index is -0.432. The molecule has 0 aromatic heterocycles. The molecule has 0 aliphatic heterocycles. The van der Waals surface area contributed by atoms with Crippen LogP contribution in [0.1, 0.15) is 46.5 Å². The summed E-state index contributed by atoms with van der Waals surface area (Å²) in [5.74, 6) is 3.07. The van der Waals surface area contributed by atoms with Crippen molar-refractivity contribution in [3.63, 3.8) is 0 Å². The third-order valence-electron chi connectivity index (χ3n) is 5.75. The van der Waals surface area contributed by atoms with Gasteiger partial charge in [0.25, 0.3) is 0 Å². The van der Waals surface area contributed by atoms with Crippen molar-refractivity contribution >= 4 is 0 Å². The van der Waals surface area contributed by atoms with Crippen LogP contribution in [0, 0.1) is 29.1 Å². The van der Waals surface area contributed by atoms with Gasteiger partial charge in [0, 0.05) is 0 Å². The highest BCUT2D eigenvalue weighted by molar-refractivity contribution is 5.21. The van der Waals surface area contributed by atoms with E-state index in [4.69, 9.17) is 0 Å². The van der Waals surface area contributed by atoms with Gasteiger partial charge in [-0.15, -0.1) is 0 Å². The zero-order valence-corrected chi connectivity index (χ0v) is 10.8. The molecule has 3 fully saturated rings. The lowest BCUT2D eigenvalue weighted by Crippen LogP contribution is -2.19. The molecular weight excluding hydrogens is 196 g/mol. The van der Waals surface area contributed by atoms with Gasteiger partial charge in [0.05, 0.1) is 5.60 Å². The molecule has 16 heavy (non-hydrogen) atoms. The molecule has 5 atom stereocenters. The first-order valence-corrected chi connectivity index (χ1v) is 6.73. The van der Waals surface area contributed by atoms with Crippen molar-refractivity contribution in [2.75, 3.05) is 0 Å². The first-order valence-electron chi connectivity index (χ1n) is 6.73. The van der Waals surface area contributed by atoms with Crippen molar-refractivity contribution in [3.8, 4) is 0 Å². The van der Waals surface area contributed by atoms with E-state index in [0.29, 0.717) is 17.3 Å². The topological polar surface area (TPSA) is 20.2 Å². The van der Waals surface area contributed by atoms with Crippen molar-refractivity contribution < 1.29 is 5.11 Å². The summed E-state index contributed by atoms with van der Waals surface area (Å²) in [7, 11) is 0. The van der Waals surface area contributed by atoms with Crippen molar-refractivity contribution in [2.24, 2.45) is 29.1 Å². The van der Waals surface area contributed by atoms with Crippen LogP contribution in [0.4, 0.5) is 0 Å². The first-order chi connectivity index (χ1) is 7.33. The van der Waals surface area contributed by atoms with Gasteiger partial charge < -0.3 is 5.11 Å². The predicted molar refractivity (Wildman–Crippen MR) is 66.0 cm³/mol. The van der Waals surface area contributed by atoms with E-state index in [-0.39, 0.29) is 0 Å². The second-order valence-electron chi connectivity index (χ2n) is 7.33. The predicted octanol–water partition coefficient (Wildman–Crippen LogP) is 3.39. The Labute approximate surface area is 98.9 Å². The Morgan fingerprint density at radius 1 is 1.25 bits per heavy atom. The molecule has 3 rings (SSSR count). The summed E-state index contributed by atoms with van der Waals surface area (Å²) in [6.45, 7) is 11.1. The fourth-order valence-electron chi connectivity index (χ4n) is 4.90. The van der Waals surface area contributed by atoms with E-state index < -0.39 is 5.60 Å². The van der Waals surface area contributed by atoms with Crippen LogP contribution < -0.4 is 0 Å². The monoisotopic (exact) mass is 220 g/mol. The normalized spacial score (nSPS) is 54.1. The maximum Gasteiger partial charge on any atom is 0.0628 e. The van der Waals surface area contributed by atoms with Crippen LogP contribution >= 0.6 is 0 Å². The highest BCUT2D eigenvalue weighted by Gasteiger charge is 2.64. The van der Waals surface area contributed by atoms with Gasteiger partial charge in [-0.1, -0.05) is 26.0 Å². The quantitative estimate of drug-likeness (QED) is 0.620. The van der Waals surface area contributed by atoms with Crippen LogP contribution in [-0.2, 0) is 0 Å². The Kier molecular flexibility index (Phi) is 1.98. The molecule has 0 spiro atoms. The molecule has 0 aromatic carbocycles. The van der Waals surface area contributed by atoms with E-state index in [2.05, 4.69) is 20.4 Å². The number of fused-ring (bicyclic) bond motifs is 3. The third kappa shape index (κ3) is 1.33. The van der Waals surface area contributed by atoms with Crippen molar-refractivity contribution in [2.45, 2.75) is 52.1 Å². The van der Waals surface area contributed by atoms with Gasteiger partial charge in [-0.3, -0.25) is 0 Å². The molecule has 0 unspecified atom stereocenters. The van der Waals surface area contributed by atoms with Gasteiger partial charge in [-0.05, 0) is 61.7 Å². The highest BCUT2D eigenvalue weighted by Crippen LogP contribution is 2.70. The van der Waals surface area contributed by atoms with Crippen molar-refractivity contribution in [1.29, 1.82) is 0 Å². The summed E-state index contributed by atoms with van der Waals surface area (Å²) < 4.78 is 0. The van der Waals surface area contributed by atoms with Crippen LogP contribution in [0.25, 0.3) is 0 Å². The van der Waals surface area contributed by atoms with E-state index in [9.17, 15) is 5.11 Å². The number of hydrogen-bond acceptors (Lipinski definition) is 1. The van der Waals surface area contributed by atoms with Gasteiger partial charge in [-0.25, -0.2) is 0 Å². The Bertz CT molecular complexity index is 339. The number of allylic oxidation sites excluding steroid dienone is 1. The van der Waals surface area contributed by atoms with Gasteiger partial charge >= 0.3 is 0 Å². The van der Waals surface area contributed by atoms with Gasteiger partial charge in [0.1, 0.15) is 0 Å². The highest BCUT2D eigenvalue weighted by atomic mass is 16.3. The molecule has 90 valence electrons. The summed E-state index contributed by atoms with van der Waals surface area (Å²) in [6, 6.07) is 0. The van der Waals surface area contributed by atoms with Crippen molar-refractivity contribution in [3.05, 3.63) is 12.2 Å². The largest absolute Gasteiger partial charge is 0.390 e. The molecule has 0 amide bonds. The molecule has 0 aromatic rings. The van der Waals surface area contributed by atoms with Gasteiger partial charge in [0.2, 0.25) is 0 Å². The average Bonchev–Trinajstić information content (AvgIpc) is 2.58. The minimum Gasteiger partial charge on any atom is -0.390 e. The fourth-order valence-corrected chi connectivity index (χ4v) is 4.90. The lowest BCUT2D eigenvalue weighted by Gasteiger charge is -2.21. The van der Waals surface area contributed by atoms with E-state index >= 15 is 0 Å². The summed E-state index contributed by atoms with van der Waals surface area (Å²) in [4.78, 5) is 0. The van der Waals surface area contributed by atoms with Crippen LogP contribution in [0.3, 0.4) is 0 Å². The summed E-state index contributed by atoms with van der Waals surface area (Å²) in [6.07, 6.45) is 4.49. The molecule has 0 heterocycles. The van der Waals surface area contributed by atoms with E-state index in [1.807, 2.05) is 6.92 Å². The molecule has 0 radical (unpaired) electrons. The average molecular weight is 220 g/mol. The minimum absolute atomic E-state index is 0.432. The number of aliphatic hydroxyl groups is 1. The lowest BCUT2D eigenvalue weighted by atomic mass is 9.83.